The Bertz CT molecular complexity index is 196. The highest BCUT2D eigenvalue weighted by molar-refractivity contribution is 5.33. The maximum atomic E-state index is 2.31. The fraction of sp³-hybridized carbons (Fsp3) is 0.692. The fourth-order valence-electron chi connectivity index (χ4n) is 1.99. The third kappa shape index (κ3) is 3.38. The SMILES string of the molecule is CCCCCCC1=C(CC)C=CC1. The van der Waals surface area contributed by atoms with Crippen LogP contribution in [0.1, 0.15) is 58.8 Å². The smallest absolute Gasteiger partial charge is 0.0130 e. The van der Waals surface area contributed by atoms with Gasteiger partial charge in [0.2, 0.25) is 0 Å². The van der Waals surface area contributed by atoms with Gasteiger partial charge in [-0.25, -0.2) is 0 Å². The minimum Gasteiger partial charge on any atom is -0.0802 e. The highest BCUT2D eigenvalue weighted by Gasteiger charge is 2.06. The summed E-state index contributed by atoms with van der Waals surface area (Å²) in [6.07, 6.45) is 14.0. The molecular formula is C13H22. The second kappa shape index (κ2) is 6.01. The Labute approximate surface area is 82.7 Å². The molecule has 0 saturated heterocycles. The summed E-state index contributed by atoms with van der Waals surface area (Å²) < 4.78 is 0. The summed E-state index contributed by atoms with van der Waals surface area (Å²) in [6, 6.07) is 0. The Morgan fingerprint density at radius 2 is 2.00 bits per heavy atom. The number of unbranched alkanes of at least 4 members (excludes halogenated alkanes) is 3. The van der Waals surface area contributed by atoms with E-state index in [2.05, 4.69) is 26.0 Å². The van der Waals surface area contributed by atoms with E-state index in [1.54, 1.807) is 11.1 Å². The summed E-state index contributed by atoms with van der Waals surface area (Å²) in [6.45, 7) is 4.53. The second-order valence-electron chi connectivity index (χ2n) is 3.90. The van der Waals surface area contributed by atoms with Crippen LogP contribution in [0.2, 0.25) is 0 Å². The standard InChI is InChI=1S/C13H22/c1-3-5-6-7-9-13-11-8-10-12(13)4-2/h8,10H,3-7,9,11H2,1-2H3. The van der Waals surface area contributed by atoms with Crippen molar-refractivity contribution in [3.63, 3.8) is 0 Å². The van der Waals surface area contributed by atoms with Crippen molar-refractivity contribution in [2.24, 2.45) is 0 Å². The summed E-state index contributed by atoms with van der Waals surface area (Å²) in [7, 11) is 0. The van der Waals surface area contributed by atoms with E-state index in [4.69, 9.17) is 0 Å². The van der Waals surface area contributed by atoms with Crippen LogP contribution in [0.4, 0.5) is 0 Å². The van der Waals surface area contributed by atoms with E-state index in [1.165, 1.54) is 44.9 Å². The minimum absolute atomic E-state index is 1.22. The van der Waals surface area contributed by atoms with Crippen LogP contribution in [0, 0.1) is 0 Å². The number of hydrogen-bond donors (Lipinski definition) is 0. The molecule has 0 radical (unpaired) electrons. The molecule has 0 aromatic rings. The summed E-state index contributed by atoms with van der Waals surface area (Å²) in [5.74, 6) is 0. The van der Waals surface area contributed by atoms with Crippen LogP contribution in [0.3, 0.4) is 0 Å². The molecule has 0 aromatic carbocycles. The average molecular weight is 178 g/mol. The monoisotopic (exact) mass is 178 g/mol. The molecule has 1 aliphatic rings. The maximum absolute atomic E-state index is 2.31. The van der Waals surface area contributed by atoms with E-state index in [0.29, 0.717) is 0 Å². The topological polar surface area (TPSA) is 0 Å². The van der Waals surface area contributed by atoms with Crippen molar-refractivity contribution >= 4 is 0 Å². The number of hydrogen-bond acceptors (Lipinski definition) is 0. The summed E-state index contributed by atoms with van der Waals surface area (Å²) in [5, 5.41) is 0. The largest absolute Gasteiger partial charge is 0.0802 e. The maximum Gasteiger partial charge on any atom is -0.0130 e. The molecule has 0 aromatic heterocycles. The van der Waals surface area contributed by atoms with E-state index in [1.807, 2.05) is 0 Å². The highest BCUT2D eigenvalue weighted by Crippen LogP contribution is 2.26. The normalized spacial score (nSPS) is 15.8. The fourth-order valence-corrected chi connectivity index (χ4v) is 1.99. The first-order chi connectivity index (χ1) is 6.38. The predicted octanol–water partition coefficient (Wildman–Crippen LogP) is 4.62. The number of rotatable bonds is 6. The Morgan fingerprint density at radius 3 is 2.69 bits per heavy atom. The summed E-state index contributed by atoms with van der Waals surface area (Å²) in [4.78, 5) is 0. The predicted molar refractivity (Wildman–Crippen MR) is 59.8 cm³/mol. The Kier molecular flexibility index (Phi) is 4.88. The molecule has 0 bridgehead atoms. The molecule has 0 saturated carbocycles. The van der Waals surface area contributed by atoms with Gasteiger partial charge in [-0.1, -0.05) is 50.8 Å². The van der Waals surface area contributed by atoms with Crippen molar-refractivity contribution in [2.75, 3.05) is 0 Å². The van der Waals surface area contributed by atoms with Gasteiger partial charge in [-0.15, -0.1) is 0 Å². The van der Waals surface area contributed by atoms with Crippen molar-refractivity contribution in [3.8, 4) is 0 Å². The van der Waals surface area contributed by atoms with Gasteiger partial charge in [-0.3, -0.25) is 0 Å². The second-order valence-corrected chi connectivity index (χ2v) is 3.90. The summed E-state index contributed by atoms with van der Waals surface area (Å²) >= 11 is 0. The molecule has 0 heterocycles. The third-order valence-corrected chi connectivity index (χ3v) is 2.85. The molecule has 1 rings (SSSR count). The first kappa shape index (κ1) is 10.6. The molecule has 0 nitrogen and oxygen atoms in total. The van der Waals surface area contributed by atoms with Crippen molar-refractivity contribution < 1.29 is 0 Å². The molecule has 1 aliphatic carbocycles. The molecule has 0 fully saturated rings. The van der Waals surface area contributed by atoms with Gasteiger partial charge >= 0.3 is 0 Å². The van der Waals surface area contributed by atoms with Crippen LogP contribution in [-0.2, 0) is 0 Å². The zero-order valence-electron chi connectivity index (χ0n) is 9.10. The van der Waals surface area contributed by atoms with E-state index in [-0.39, 0.29) is 0 Å². The van der Waals surface area contributed by atoms with Crippen molar-refractivity contribution in [2.45, 2.75) is 58.8 Å². The molecule has 0 spiro atoms. The van der Waals surface area contributed by atoms with Gasteiger partial charge in [0.05, 0.1) is 0 Å². The van der Waals surface area contributed by atoms with Gasteiger partial charge < -0.3 is 0 Å². The van der Waals surface area contributed by atoms with Gasteiger partial charge in [-0.05, 0) is 31.3 Å². The zero-order valence-corrected chi connectivity index (χ0v) is 9.10. The van der Waals surface area contributed by atoms with Crippen LogP contribution in [0.5, 0.6) is 0 Å². The lowest BCUT2D eigenvalue weighted by Crippen LogP contribution is -1.85. The first-order valence-corrected chi connectivity index (χ1v) is 5.76. The van der Waals surface area contributed by atoms with Crippen molar-refractivity contribution in [3.05, 3.63) is 23.3 Å². The average Bonchev–Trinajstić information content (AvgIpc) is 2.60. The molecule has 0 heteroatoms. The molecule has 0 unspecified atom stereocenters. The third-order valence-electron chi connectivity index (χ3n) is 2.85. The zero-order chi connectivity index (χ0) is 9.52. The Hall–Kier alpha value is -0.520. The first-order valence-electron chi connectivity index (χ1n) is 5.76. The lowest BCUT2D eigenvalue weighted by molar-refractivity contribution is 0.659. The van der Waals surface area contributed by atoms with Gasteiger partial charge in [0.25, 0.3) is 0 Å². The molecule has 13 heavy (non-hydrogen) atoms. The van der Waals surface area contributed by atoms with Crippen LogP contribution >= 0.6 is 0 Å². The van der Waals surface area contributed by atoms with Crippen molar-refractivity contribution in [1.82, 2.24) is 0 Å². The summed E-state index contributed by atoms with van der Waals surface area (Å²) in [5.41, 5.74) is 3.31. The van der Waals surface area contributed by atoms with E-state index >= 15 is 0 Å². The van der Waals surface area contributed by atoms with Gasteiger partial charge in [0.15, 0.2) is 0 Å². The Balaban J connectivity index is 2.21. The van der Waals surface area contributed by atoms with E-state index in [9.17, 15) is 0 Å². The lowest BCUT2D eigenvalue weighted by atomic mass is 10.0. The minimum atomic E-state index is 1.22. The Morgan fingerprint density at radius 1 is 1.15 bits per heavy atom. The van der Waals surface area contributed by atoms with Crippen LogP contribution in [-0.4, -0.2) is 0 Å². The molecule has 0 N–H and O–H groups in total. The molecule has 0 atom stereocenters. The van der Waals surface area contributed by atoms with E-state index in [0.717, 1.165) is 0 Å². The van der Waals surface area contributed by atoms with Crippen LogP contribution < -0.4 is 0 Å². The van der Waals surface area contributed by atoms with Gasteiger partial charge in [-0.2, -0.15) is 0 Å². The lowest BCUT2D eigenvalue weighted by Gasteiger charge is -2.04. The van der Waals surface area contributed by atoms with Crippen molar-refractivity contribution in [1.29, 1.82) is 0 Å². The molecular weight excluding hydrogens is 156 g/mol. The van der Waals surface area contributed by atoms with Crippen LogP contribution in [0.15, 0.2) is 23.3 Å². The van der Waals surface area contributed by atoms with E-state index < -0.39 is 0 Å². The molecule has 0 amide bonds. The molecule has 0 aliphatic heterocycles. The van der Waals surface area contributed by atoms with Gasteiger partial charge in [0, 0.05) is 0 Å². The number of allylic oxidation sites excluding steroid dienone is 4. The molecule has 74 valence electrons. The quantitative estimate of drug-likeness (QED) is 0.520. The van der Waals surface area contributed by atoms with Crippen LogP contribution in [0.25, 0.3) is 0 Å². The van der Waals surface area contributed by atoms with Gasteiger partial charge in [0.1, 0.15) is 0 Å². The highest BCUT2D eigenvalue weighted by atomic mass is 14.1.